The second-order valence-corrected chi connectivity index (χ2v) is 7.98. The fraction of sp³-hybridized carbons (Fsp3) is 0.562. The van der Waals surface area contributed by atoms with E-state index in [1.54, 1.807) is 7.11 Å². The summed E-state index contributed by atoms with van der Waals surface area (Å²) in [4.78, 5) is 11.7. The topological polar surface area (TPSA) is 84.5 Å². The first-order valence-electron chi connectivity index (χ1n) is 7.82. The number of rotatable bonds is 8. The van der Waals surface area contributed by atoms with Crippen LogP contribution >= 0.6 is 0 Å². The molecule has 0 bridgehead atoms. The van der Waals surface area contributed by atoms with Crippen LogP contribution in [0.3, 0.4) is 0 Å². The maximum absolute atomic E-state index is 11.7. The number of amides is 1. The van der Waals surface area contributed by atoms with E-state index in [9.17, 15) is 13.2 Å². The lowest BCUT2D eigenvalue weighted by molar-refractivity contribution is -0.120. The van der Waals surface area contributed by atoms with Crippen LogP contribution in [0.1, 0.15) is 18.4 Å². The number of carbonyl (C=O) groups excluding carboxylic acids is 1. The zero-order chi connectivity index (χ0) is 16.7. The summed E-state index contributed by atoms with van der Waals surface area (Å²) in [6, 6.07) is 7.75. The van der Waals surface area contributed by atoms with Gasteiger partial charge < -0.3 is 15.4 Å². The average molecular weight is 340 g/mol. The van der Waals surface area contributed by atoms with Gasteiger partial charge in [0.15, 0.2) is 9.84 Å². The van der Waals surface area contributed by atoms with Crippen LogP contribution in [-0.2, 0) is 21.1 Å². The molecule has 0 aliphatic carbocycles. The van der Waals surface area contributed by atoms with E-state index in [1.807, 2.05) is 24.3 Å². The summed E-state index contributed by atoms with van der Waals surface area (Å²) in [6.45, 7) is 1.09. The normalized spacial score (nSPS) is 19.4. The lowest BCUT2D eigenvalue weighted by Gasteiger charge is -2.10. The Kier molecular flexibility index (Phi) is 6.41. The van der Waals surface area contributed by atoms with Crippen molar-refractivity contribution in [2.45, 2.75) is 25.3 Å². The minimum atomic E-state index is -2.87. The predicted molar refractivity (Wildman–Crippen MR) is 89.4 cm³/mol. The van der Waals surface area contributed by atoms with E-state index in [-0.39, 0.29) is 23.5 Å². The van der Waals surface area contributed by atoms with E-state index in [1.165, 1.54) is 0 Å². The van der Waals surface area contributed by atoms with Crippen LogP contribution in [0.5, 0.6) is 5.75 Å². The van der Waals surface area contributed by atoms with E-state index in [0.717, 1.165) is 17.7 Å². The highest BCUT2D eigenvalue weighted by molar-refractivity contribution is 7.91. The molecule has 0 spiro atoms. The number of hydrogen-bond donors (Lipinski definition) is 2. The van der Waals surface area contributed by atoms with Gasteiger partial charge in [-0.15, -0.1) is 0 Å². The van der Waals surface area contributed by atoms with Gasteiger partial charge in [-0.25, -0.2) is 8.42 Å². The molecule has 2 rings (SSSR count). The third-order valence-corrected chi connectivity index (χ3v) is 5.68. The van der Waals surface area contributed by atoms with Gasteiger partial charge in [-0.05, 0) is 30.5 Å². The Morgan fingerprint density at radius 1 is 1.26 bits per heavy atom. The summed E-state index contributed by atoms with van der Waals surface area (Å²) in [5.74, 6) is 1.23. The number of sulfone groups is 1. The van der Waals surface area contributed by atoms with E-state index in [2.05, 4.69) is 10.6 Å². The monoisotopic (exact) mass is 340 g/mol. The Morgan fingerprint density at radius 2 is 2.00 bits per heavy atom. The second-order valence-electron chi connectivity index (χ2n) is 5.75. The van der Waals surface area contributed by atoms with Crippen molar-refractivity contribution in [1.82, 2.24) is 10.6 Å². The van der Waals surface area contributed by atoms with Crippen molar-refractivity contribution in [3.8, 4) is 5.75 Å². The van der Waals surface area contributed by atoms with Crippen molar-refractivity contribution in [3.05, 3.63) is 29.8 Å². The molecule has 23 heavy (non-hydrogen) atoms. The molecule has 7 heteroatoms. The lowest BCUT2D eigenvalue weighted by atomic mass is 10.1. The molecular formula is C16H24N2O4S. The van der Waals surface area contributed by atoms with E-state index in [4.69, 9.17) is 4.74 Å². The lowest BCUT2D eigenvalue weighted by Crippen LogP contribution is -2.34. The molecule has 2 N–H and O–H groups in total. The molecule has 1 saturated heterocycles. The molecule has 1 atom stereocenters. The van der Waals surface area contributed by atoms with Gasteiger partial charge in [-0.3, -0.25) is 4.79 Å². The van der Waals surface area contributed by atoms with Crippen LogP contribution in [0.25, 0.3) is 0 Å². The quantitative estimate of drug-likeness (QED) is 0.721. The minimum Gasteiger partial charge on any atom is -0.497 e. The highest BCUT2D eigenvalue weighted by Crippen LogP contribution is 2.12. The fourth-order valence-electron chi connectivity index (χ4n) is 2.57. The first-order valence-corrected chi connectivity index (χ1v) is 9.64. The number of nitrogens with one attached hydrogen (secondary N) is 2. The van der Waals surface area contributed by atoms with E-state index >= 15 is 0 Å². The predicted octanol–water partition coefficient (Wildman–Crippen LogP) is 0.521. The molecule has 0 radical (unpaired) electrons. The van der Waals surface area contributed by atoms with Gasteiger partial charge in [-0.1, -0.05) is 12.1 Å². The molecule has 1 aliphatic heterocycles. The summed E-state index contributed by atoms with van der Waals surface area (Å²) >= 11 is 0. The summed E-state index contributed by atoms with van der Waals surface area (Å²) in [5.41, 5.74) is 1.14. The zero-order valence-corrected chi connectivity index (χ0v) is 14.2. The van der Waals surface area contributed by atoms with Crippen LogP contribution in [0.2, 0.25) is 0 Å². The molecule has 6 nitrogen and oxygen atoms in total. The van der Waals surface area contributed by atoms with Gasteiger partial charge in [0.1, 0.15) is 5.75 Å². The van der Waals surface area contributed by atoms with Crippen molar-refractivity contribution >= 4 is 15.7 Å². The number of methoxy groups -OCH3 is 1. The van der Waals surface area contributed by atoms with E-state index < -0.39 is 9.84 Å². The first kappa shape index (κ1) is 17.7. The molecule has 0 saturated carbocycles. The summed E-state index contributed by atoms with van der Waals surface area (Å²) in [6.07, 6.45) is 1.77. The summed E-state index contributed by atoms with van der Waals surface area (Å²) < 4.78 is 27.8. The third-order valence-electron chi connectivity index (χ3n) is 3.91. The molecule has 1 unspecified atom stereocenters. The standard InChI is InChI=1S/C16H24N2O4S/c1-22-15-4-2-13(3-5-15)6-9-18-16(19)7-10-17-14-8-11-23(20,21)12-14/h2-5,14,17H,6-12H2,1H3,(H,18,19). The maximum Gasteiger partial charge on any atom is 0.221 e. The van der Waals surface area contributed by atoms with Gasteiger partial charge in [-0.2, -0.15) is 0 Å². The molecular weight excluding hydrogens is 316 g/mol. The van der Waals surface area contributed by atoms with Crippen LogP contribution in [0.15, 0.2) is 24.3 Å². The van der Waals surface area contributed by atoms with Gasteiger partial charge in [0, 0.05) is 25.6 Å². The first-order chi connectivity index (χ1) is 11.0. The highest BCUT2D eigenvalue weighted by atomic mass is 32.2. The Morgan fingerprint density at radius 3 is 2.61 bits per heavy atom. The molecule has 1 aliphatic rings. The molecule has 1 heterocycles. The zero-order valence-electron chi connectivity index (χ0n) is 13.4. The van der Waals surface area contributed by atoms with Gasteiger partial charge >= 0.3 is 0 Å². The molecule has 0 aromatic heterocycles. The molecule has 1 aromatic rings. The van der Waals surface area contributed by atoms with Crippen molar-refractivity contribution in [2.75, 3.05) is 31.7 Å². The fourth-order valence-corrected chi connectivity index (χ4v) is 4.28. The number of ether oxygens (including phenoxy) is 1. The number of hydrogen-bond acceptors (Lipinski definition) is 5. The maximum atomic E-state index is 11.7. The van der Waals surface area contributed by atoms with Gasteiger partial charge in [0.25, 0.3) is 0 Å². The van der Waals surface area contributed by atoms with E-state index in [0.29, 0.717) is 25.9 Å². The van der Waals surface area contributed by atoms with Crippen LogP contribution < -0.4 is 15.4 Å². The Labute approximate surface area is 137 Å². The van der Waals surface area contributed by atoms with Gasteiger partial charge in [0.2, 0.25) is 5.91 Å². The molecule has 128 valence electrons. The minimum absolute atomic E-state index is 0.00732. The second kappa shape index (κ2) is 8.31. The van der Waals surface area contributed by atoms with Crippen molar-refractivity contribution in [1.29, 1.82) is 0 Å². The number of benzene rings is 1. The molecule has 1 aromatic carbocycles. The van der Waals surface area contributed by atoms with Crippen molar-refractivity contribution in [3.63, 3.8) is 0 Å². The van der Waals surface area contributed by atoms with Crippen LogP contribution in [0.4, 0.5) is 0 Å². The smallest absolute Gasteiger partial charge is 0.221 e. The van der Waals surface area contributed by atoms with Gasteiger partial charge in [0.05, 0.1) is 18.6 Å². The SMILES string of the molecule is COc1ccc(CCNC(=O)CCNC2CCS(=O)(=O)C2)cc1. The molecule has 1 fully saturated rings. The van der Waals surface area contributed by atoms with Crippen molar-refractivity contribution < 1.29 is 17.9 Å². The Bertz CT molecular complexity index is 613. The van der Waals surface area contributed by atoms with Crippen LogP contribution in [-0.4, -0.2) is 52.1 Å². The average Bonchev–Trinajstić information content (AvgIpc) is 2.87. The molecule has 1 amide bonds. The summed E-state index contributed by atoms with van der Waals surface area (Å²) in [7, 11) is -1.24. The Balaban J connectivity index is 1.58. The van der Waals surface area contributed by atoms with Crippen molar-refractivity contribution in [2.24, 2.45) is 0 Å². The number of carbonyl (C=O) groups is 1. The summed E-state index contributed by atoms with van der Waals surface area (Å²) in [5, 5.41) is 6.01. The van der Waals surface area contributed by atoms with Crippen LogP contribution in [0, 0.1) is 0 Å². The third kappa shape index (κ3) is 6.19. The largest absolute Gasteiger partial charge is 0.497 e. The Hall–Kier alpha value is -1.60. The highest BCUT2D eigenvalue weighted by Gasteiger charge is 2.27.